The molecule has 0 unspecified atom stereocenters. The van der Waals surface area contributed by atoms with Gasteiger partial charge in [-0.25, -0.2) is 0 Å². The molecule has 0 atom stereocenters. The molecule has 8 N–H and O–H groups in total. The number of nitrogens with two attached hydrogens (primary N) is 3. The van der Waals surface area contributed by atoms with E-state index in [4.69, 9.17) is 28.8 Å². The molecule has 0 spiro atoms. The monoisotopic (exact) mass is 384 g/mol. The number of anilines is 2. The fraction of sp³-hybridized carbons (Fsp3) is 0.263. The topological polar surface area (TPSA) is 136 Å². The van der Waals surface area contributed by atoms with Gasteiger partial charge in [-0.15, -0.1) is 0 Å². The van der Waals surface area contributed by atoms with Crippen molar-refractivity contribution in [3.8, 4) is 11.8 Å². The van der Waals surface area contributed by atoms with Crippen molar-refractivity contribution in [2.75, 3.05) is 18.1 Å². The normalized spacial score (nSPS) is 14.2. The van der Waals surface area contributed by atoms with Gasteiger partial charge in [0.05, 0.1) is 5.02 Å². The smallest absolute Gasteiger partial charge is 0.255 e. The number of H-pyrrole nitrogens is 1. The van der Waals surface area contributed by atoms with E-state index < -0.39 is 5.91 Å². The van der Waals surface area contributed by atoms with Crippen LogP contribution in [-0.2, 0) is 0 Å². The number of halogens is 1. The second kappa shape index (κ2) is 7.25. The molecule has 3 rings (SSSR count). The predicted octanol–water partition coefficient (Wildman–Crippen LogP) is 2.29. The molecule has 140 valence electrons. The summed E-state index contributed by atoms with van der Waals surface area (Å²) in [6, 6.07) is 3.52. The van der Waals surface area contributed by atoms with Crippen LogP contribution in [0.3, 0.4) is 0 Å². The van der Waals surface area contributed by atoms with Crippen LogP contribution in [0.5, 0.6) is 0 Å². The number of nitrogens with one attached hydrogen (secondary N) is 2. The number of nitrogens with zero attached hydrogens (tertiary/aromatic N) is 1. The van der Waals surface area contributed by atoms with Crippen molar-refractivity contribution in [2.24, 2.45) is 17.4 Å². The van der Waals surface area contributed by atoms with Crippen LogP contribution in [0.1, 0.15) is 46.9 Å². The van der Waals surface area contributed by atoms with Crippen LogP contribution in [0.4, 0.5) is 11.5 Å². The maximum absolute atomic E-state index is 11.6. The number of amides is 1. The van der Waals surface area contributed by atoms with Crippen molar-refractivity contribution in [3.05, 3.63) is 45.2 Å². The van der Waals surface area contributed by atoms with E-state index in [-0.39, 0.29) is 5.56 Å². The second-order valence-corrected chi connectivity index (χ2v) is 6.88. The van der Waals surface area contributed by atoms with Gasteiger partial charge >= 0.3 is 0 Å². The van der Waals surface area contributed by atoms with Gasteiger partial charge in [0.25, 0.3) is 5.91 Å². The molecule has 1 fully saturated rings. The molecule has 2 aromatic rings. The standard InChI is InChI=1S/C19H21ClN6O/c1-9(21)16(10-3-4-10)12-8-13(20)11(7-14(12)22)5-6-15-17(18(23)27)19(24-2)26-25-15/h7-8,10H,3-4,21-22H2,1-2H3,(H2,23,27)(H2,24,25,26)/b16-9-. The first-order chi connectivity index (χ1) is 12.8. The lowest BCUT2D eigenvalue weighted by atomic mass is 9.96. The van der Waals surface area contributed by atoms with Crippen LogP contribution >= 0.6 is 11.6 Å². The third-order valence-corrected chi connectivity index (χ3v) is 4.72. The van der Waals surface area contributed by atoms with Gasteiger partial charge in [-0.05, 0) is 49.3 Å². The van der Waals surface area contributed by atoms with Crippen LogP contribution in [-0.4, -0.2) is 23.2 Å². The summed E-state index contributed by atoms with van der Waals surface area (Å²) < 4.78 is 0. The van der Waals surface area contributed by atoms with Crippen LogP contribution in [0.15, 0.2) is 17.8 Å². The highest BCUT2D eigenvalue weighted by Gasteiger charge is 2.29. The first kappa shape index (κ1) is 18.7. The Morgan fingerprint density at radius 3 is 2.59 bits per heavy atom. The Hall–Kier alpha value is -3.11. The lowest BCUT2D eigenvalue weighted by molar-refractivity contribution is 0.100. The van der Waals surface area contributed by atoms with Gasteiger partial charge in [0, 0.05) is 29.6 Å². The van der Waals surface area contributed by atoms with Gasteiger partial charge in [0.2, 0.25) is 0 Å². The third-order valence-electron chi connectivity index (χ3n) is 4.41. The molecular weight excluding hydrogens is 364 g/mol. The van der Waals surface area contributed by atoms with Crippen molar-refractivity contribution in [1.82, 2.24) is 10.2 Å². The Bertz CT molecular complexity index is 1000. The van der Waals surface area contributed by atoms with Crippen LogP contribution in [0.25, 0.3) is 5.57 Å². The summed E-state index contributed by atoms with van der Waals surface area (Å²) in [5, 5.41) is 9.91. The first-order valence-electron chi connectivity index (χ1n) is 8.47. The number of carbonyl (C=O) groups excluding carboxylic acids is 1. The molecule has 1 heterocycles. The molecule has 0 bridgehead atoms. The highest BCUT2D eigenvalue weighted by molar-refractivity contribution is 6.32. The van der Waals surface area contributed by atoms with Gasteiger partial charge in [0.15, 0.2) is 5.82 Å². The Morgan fingerprint density at radius 1 is 1.33 bits per heavy atom. The number of allylic oxidation sites excluding steroid dienone is 2. The summed E-state index contributed by atoms with van der Waals surface area (Å²) in [6.45, 7) is 1.87. The Labute approximate surface area is 162 Å². The van der Waals surface area contributed by atoms with Gasteiger partial charge < -0.3 is 22.5 Å². The maximum atomic E-state index is 11.6. The number of hydrogen-bond donors (Lipinski definition) is 5. The summed E-state index contributed by atoms with van der Waals surface area (Å²) in [5.41, 5.74) is 22.0. The van der Waals surface area contributed by atoms with Gasteiger partial charge in [-0.2, -0.15) is 5.10 Å². The van der Waals surface area contributed by atoms with Gasteiger partial charge in [-0.3, -0.25) is 9.89 Å². The Kier molecular flexibility index (Phi) is 5.02. The summed E-state index contributed by atoms with van der Waals surface area (Å²) >= 11 is 6.43. The number of aromatic nitrogens is 2. The minimum Gasteiger partial charge on any atom is -0.402 e. The molecule has 1 aromatic carbocycles. The van der Waals surface area contributed by atoms with Crippen molar-refractivity contribution < 1.29 is 4.79 Å². The number of nitrogen functional groups attached to an aromatic ring is 1. The maximum Gasteiger partial charge on any atom is 0.255 e. The van der Waals surface area contributed by atoms with E-state index in [0.29, 0.717) is 33.7 Å². The number of carbonyl (C=O) groups is 1. The lowest BCUT2D eigenvalue weighted by Crippen LogP contribution is -2.13. The van der Waals surface area contributed by atoms with Gasteiger partial charge in [0.1, 0.15) is 11.3 Å². The number of aromatic amines is 1. The van der Waals surface area contributed by atoms with E-state index in [9.17, 15) is 4.79 Å². The molecule has 27 heavy (non-hydrogen) atoms. The summed E-state index contributed by atoms with van der Waals surface area (Å²) in [7, 11) is 1.64. The molecule has 0 radical (unpaired) electrons. The van der Waals surface area contributed by atoms with Crippen molar-refractivity contribution in [1.29, 1.82) is 0 Å². The molecule has 1 saturated carbocycles. The predicted molar refractivity (Wildman–Crippen MR) is 108 cm³/mol. The molecule has 8 heteroatoms. The highest BCUT2D eigenvalue weighted by Crippen LogP contribution is 2.45. The van der Waals surface area contributed by atoms with E-state index in [0.717, 1.165) is 29.7 Å². The van der Waals surface area contributed by atoms with Crippen molar-refractivity contribution >= 4 is 34.6 Å². The van der Waals surface area contributed by atoms with E-state index in [1.54, 1.807) is 19.2 Å². The fourth-order valence-corrected chi connectivity index (χ4v) is 3.24. The first-order valence-corrected chi connectivity index (χ1v) is 8.84. The zero-order valence-corrected chi connectivity index (χ0v) is 15.9. The Morgan fingerprint density at radius 2 is 2.04 bits per heavy atom. The lowest BCUT2D eigenvalue weighted by Gasteiger charge is -2.13. The van der Waals surface area contributed by atoms with Crippen LogP contribution in [0, 0.1) is 17.8 Å². The third kappa shape index (κ3) is 3.71. The number of hydrogen-bond acceptors (Lipinski definition) is 5. The van der Waals surface area contributed by atoms with Crippen LogP contribution < -0.4 is 22.5 Å². The molecule has 1 aliphatic rings. The molecule has 1 aromatic heterocycles. The number of primary amides is 1. The van der Waals surface area contributed by atoms with Crippen LogP contribution in [0.2, 0.25) is 5.02 Å². The summed E-state index contributed by atoms with van der Waals surface area (Å²) in [4.78, 5) is 11.6. The van der Waals surface area contributed by atoms with Crippen molar-refractivity contribution in [3.63, 3.8) is 0 Å². The summed E-state index contributed by atoms with van der Waals surface area (Å²) in [5.74, 6) is 5.93. The molecule has 1 aliphatic carbocycles. The van der Waals surface area contributed by atoms with E-state index in [2.05, 4.69) is 27.4 Å². The van der Waals surface area contributed by atoms with E-state index in [1.165, 1.54) is 0 Å². The SMILES string of the molecule is CNc1n[nH]c(C#Cc2cc(N)c(/C(=C(/C)N)C3CC3)cc2Cl)c1C(N)=O. The zero-order chi connectivity index (χ0) is 19.7. The largest absolute Gasteiger partial charge is 0.402 e. The Balaban J connectivity index is 2.01. The number of rotatable bonds is 4. The number of benzene rings is 1. The average Bonchev–Trinajstić information content (AvgIpc) is 3.34. The average molecular weight is 385 g/mol. The fourth-order valence-electron chi connectivity index (χ4n) is 3.03. The molecule has 0 aliphatic heterocycles. The second-order valence-electron chi connectivity index (χ2n) is 6.48. The molecular formula is C19H21ClN6O. The molecule has 7 nitrogen and oxygen atoms in total. The minimum absolute atomic E-state index is 0.198. The van der Waals surface area contributed by atoms with E-state index >= 15 is 0 Å². The van der Waals surface area contributed by atoms with Crippen molar-refractivity contribution in [2.45, 2.75) is 19.8 Å². The van der Waals surface area contributed by atoms with E-state index in [1.807, 2.05) is 6.92 Å². The highest BCUT2D eigenvalue weighted by atomic mass is 35.5. The minimum atomic E-state index is -0.629. The zero-order valence-electron chi connectivity index (χ0n) is 15.1. The quantitative estimate of drug-likeness (QED) is 0.407. The van der Waals surface area contributed by atoms with Gasteiger partial charge in [-0.1, -0.05) is 17.5 Å². The molecule has 0 saturated heterocycles. The molecule has 1 amide bonds. The summed E-state index contributed by atoms with van der Waals surface area (Å²) in [6.07, 6.45) is 2.21.